The molecule has 0 atom stereocenters. The van der Waals surface area contributed by atoms with Crippen molar-refractivity contribution in [1.82, 2.24) is 4.98 Å². The van der Waals surface area contributed by atoms with Crippen LogP contribution in [0.3, 0.4) is 0 Å². The lowest BCUT2D eigenvalue weighted by molar-refractivity contribution is 0.205. The third kappa shape index (κ3) is 4.62. The van der Waals surface area contributed by atoms with Crippen LogP contribution in [-0.4, -0.2) is 37.6 Å². The summed E-state index contributed by atoms with van der Waals surface area (Å²) in [4.78, 5) is 6.51. The highest BCUT2D eigenvalue weighted by molar-refractivity contribution is 9.10. The fraction of sp³-hybridized carbons (Fsp3) is 0.500. The molecule has 0 saturated carbocycles. The number of aryl methyl sites for hydroxylation is 1. The lowest BCUT2D eigenvalue weighted by atomic mass is 10.2. The van der Waals surface area contributed by atoms with Crippen molar-refractivity contribution < 1.29 is 4.74 Å². The summed E-state index contributed by atoms with van der Waals surface area (Å²) in [6, 6.07) is 2.02. The smallest absolute Gasteiger partial charge is 0.131 e. The number of amidine groups is 1. The van der Waals surface area contributed by atoms with Gasteiger partial charge in [-0.2, -0.15) is 0 Å². The van der Waals surface area contributed by atoms with Gasteiger partial charge in [0.2, 0.25) is 0 Å². The van der Waals surface area contributed by atoms with Crippen molar-refractivity contribution in [1.29, 1.82) is 5.41 Å². The summed E-state index contributed by atoms with van der Waals surface area (Å²) in [5.41, 5.74) is 6.49. The molecule has 1 aromatic heterocycles. The molecule has 1 rings (SSSR count). The van der Waals surface area contributed by atoms with Crippen LogP contribution in [0.5, 0.6) is 0 Å². The van der Waals surface area contributed by atoms with Crippen molar-refractivity contribution in [2.24, 2.45) is 5.73 Å². The molecular formula is C12H19BrN4O. The fourth-order valence-electron chi connectivity index (χ4n) is 1.64. The number of hydrogen-bond donors (Lipinski definition) is 2. The normalized spacial score (nSPS) is 10.4. The van der Waals surface area contributed by atoms with Crippen LogP contribution in [-0.2, 0) is 4.74 Å². The molecule has 0 fully saturated rings. The molecule has 1 aromatic rings. The van der Waals surface area contributed by atoms with Crippen LogP contribution < -0.4 is 10.6 Å². The van der Waals surface area contributed by atoms with E-state index in [4.69, 9.17) is 15.9 Å². The standard InChI is InChI=1S/C12H19BrN4O/c1-9-7-10(13)8-16-12(9)17(5-6-18-2)4-3-11(14)15/h7-8H,3-6H2,1-2H3,(H3,14,15). The van der Waals surface area contributed by atoms with Gasteiger partial charge in [-0.1, -0.05) is 0 Å². The minimum Gasteiger partial charge on any atom is -0.388 e. The summed E-state index contributed by atoms with van der Waals surface area (Å²) in [5.74, 6) is 1.10. The number of hydrogen-bond acceptors (Lipinski definition) is 4. The zero-order valence-corrected chi connectivity index (χ0v) is 12.3. The number of pyridine rings is 1. The number of nitrogens with zero attached hydrogens (tertiary/aromatic N) is 2. The summed E-state index contributed by atoms with van der Waals surface area (Å²) < 4.78 is 6.06. The number of ether oxygens (including phenoxy) is 1. The molecule has 0 spiro atoms. The Morgan fingerprint density at radius 2 is 2.28 bits per heavy atom. The molecule has 0 aromatic carbocycles. The van der Waals surface area contributed by atoms with Crippen molar-refractivity contribution in [3.05, 3.63) is 22.3 Å². The van der Waals surface area contributed by atoms with Crippen LogP contribution in [0.1, 0.15) is 12.0 Å². The first kappa shape index (κ1) is 14.9. The monoisotopic (exact) mass is 314 g/mol. The molecule has 0 saturated heterocycles. The maximum Gasteiger partial charge on any atom is 0.131 e. The van der Waals surface area contributed by atoms with Crippen LogP contribution in [0.2, 0.25) is 0 Å². The van der Waals surface area contributed by atoms with Crippen LogP contribution in [0.15, 0.2) is 16.7 Å². The largest absolute Gasteiger partial charge is 0.388 e. The van der Waals surface area contributed by atoms with Gasteiger partial charge in [-0.3, -0.25) is 5.41 Å². The molecule has 0 aliphatic heterocycles. The van der Waals surface area contributed by atoms with Gasteiger partial charge in [-0.25, -0.2) is 4.98 Å². The van der Waals surface area contributed by atoms with Gasteiger partial charge >= 0.3 is 0 Å². The minimum absolute atomic E-state index is 0.187. The number of nitrogens with one attached hydrogen (secondary N) is 1. The number of anilines is 1. The molecular weight excluding hydrogens is 296 g/mol. The molecule has 0 radical (unpaired) electrons. The first-order valence-electron chi connectivity index (χ1n) is 5.73. The van der Waals surface area contributed by atoms with Crippen LogP contribution in [0, 0.1) is 12.3 Å². The maximum absolute atomic E-state index is 7.31. The van der Waals surface area contributed by atoms with Gasteiger partial charge in [-0.15, -0.1) is 0 Å². The first-order chi connectivity index (χ1) is 8.54. The van der Waals surface area contributed by atoms with Gasteiger partial charge < -0.3 is 15.4 Å². The van der Waals surface area contributed by atoms with E-state index in [-0.39, 0.29) is 5.84 Å². The van der Waals surface area contributed by atoms with Gasteiger partial charge in [0.15, 0.2) is 0 Å². The molecule has 0 aliphatic rings. The second-order valence-corrected chi connectivity index (χ2v) is 4.96. The van der Waals surface area contributed by atoms with Crippen LogP contribution in [0.4, 0.5) is 5.82 Å². The highest BCUT2D eigenvalue weighted by Crippen LogP contribution is 2.20. The quantitative estimate of drug-likeness (QED) is 0.595. The van der Waals surface area contributed by atoms with Crippen molar-refractivity contribution in [2.45, 2.75) is 13.3 Å². The predicted molar refractivity (Wildman–Crippen MR) is 77.3 cm³/mol. The Labute approximate surface area is 116 Å². The lowest BCUT2D eigenvalue weighted by Crippen LogP contribution is -2.32. The van der Waals surface area contributed by atoms with E-state index in [0.29, 0.717) is 19.6 Å². The summed E-state index contributed by atoms with van der Waals surface area (Å²) in [6.45, 7) is 4.04. The van der Waals surface area contributed by atoms with Gasteiger partial charge in [0.1, 0.15) is 5.82 Å². The zero-order chi connectivity index (χ0) is 13.5. The molecule has 0 aliphatic carbocycles. The molecule has 3 N–H and O–H groups in total. The van der Waals surface area contributed by atoms with Crippen molar-refractivity contribution >= 4 is 27.6 Å². The van der Waals surface area contributed by atoms with E-state index in [0.717, 1.165) is 22.4 Å². The topological polar surface area (TPSA) is 75.2 Å². The Morgan fingerprint density at radius 3 is 2.83 bits per heavy atom. The van der Waals surface area contributed by atoms with E-state index in [1.165, 1.54) is 0 Å². The van der Waals surface area contributed by atoms with E-state index in [1.54, 1.807) is 13.3 Å². The Balaban J connectivity index is 2.82. The molecule has 0 bridgehead atoms. The molecule has 0 amide bonds. The molecule has 5 nitrogen and oxygen atoms in total. The third-order valence-corrected chi connectivity index (χ3v) is 2.97. The molecule has 18 heavy (non-hydrogen) atoms. The lowest BCUT2D eigenvalue weighted by Gasteiger charge is -2.24. The number of rotatable bonds is 7. The van der Waals surface area contributed by atoms with Gasteiger partial charge in [0.05, 0.1) is 12.4 Å². The second-order valence-electron chi connectivity index (χ2n) is 4.05. The van der Waals surface area contributed by atoms with Crippen molar-refractivity contribution in [3.63, 3.8) is 0 Å². The Hall–Kier alpha value is -1.14. The first-order valence-corrected chi connectivity index (χ1v) is 6.53. The van der Waals surface area contributed by atoms with Crippen molar-refractivity contribution in [3.8, 4) is 0 Å². The molecule has 100 valence electrons. The SMILES string of the molecule is COCCN(CCC(=N)N)c1ncc(Br)cc1C. The van der Waals surface area contributed by atoms with E-state index < -0.39 is 0 Å². The fourth-order valence-corrected chi connectivity index (χ4v) is 2.09. The number of nitrogens with two attached hydrogens (primary N) is 1. The summed E-state index contributed by atoms with van der Waals surface area (Å²) >= 11 is 3.40. The molecule has 6 heteroatoms. The van der Waals surface area contributed by atoms with Crippen LogP contribution in [0.25, 0.3) is 0 Å². The predicted octanol–water partition coefficient (Wildman–Crippen LogP) is 1.93. The van der Waals surface area contributed by atoms with E-state index in [9.17, 15) is 0 Å². The second kappa shape index (κ2) is 7.33. The maximum atomic E-state index is 7.31. The summed E-state index contributed by atoms with van der Waals surface area (Å²) in [6.07, 6.45) is 2.30. The van der Waals surface area contributed by atoms with E-state index in [2.05, 4.69) is 25.8 Å². The third-order valence-electron chi connectivity index (χ3n) is 2.53. The zero-order valence-electron chi connectivity index (χ0n) is 10.7. The Bertz CT molecular complexity index is 411. The van der Waals surface area contributed by atoms with Gasteiger partial charge in [0.25, 0.3) is 0 Å². The Morgan fingerprint density at radius 1 is 1.56 bits per heavy atom. The van der Waals surface area contributed by atoms with Crippen molar-refractivity contribution in [2.75, 3.05) is 31.7 Å². The highest BCUT2D eigenvalue weighted by atomic mass is 79.9. The summed E-state index contributed by atoms with van der Waals surface area (Å²) in [7, 11) is 1.67. The number of aromatic nitrogens is 1. The molecule has 1 heterocycles. The van der Waals surface area contributed by atoms with Crippen LogP contribution >= 0.6 is 15.9 Å². The highest BCUT2D eigenvalue weighted by Gasteiger charge is 2.11. The average molecular weight is 315 g/mol. The van der Waals surface area contributed by atoms with Gasteiger partial charge in [-0.05, 0) is 34.5 Å². The molecule has 0 unspecified atom stereocenters. The minimum atomic E-state index is 0.187. The van der Waals surface area contributed by atoms with Gasteiger partial charge in [0, 0.05) is 37.3 Å². The van der Waals surface area contributed by atoms with E-state index >= 15 is 0 Å². The summed E-state index contributed by atoms with van der Waals surface area (Å²) in [5, 5.41) is 7.31. The average Bonchev–Trinajstić information content (AvgIpc) is 2.30. The number of halogens is 1. The van der Waals surface area contributed by atoms with E-state index in [1.807, 2.05) is 13.0 Å². The number of methoxy groups -OCH3 is 1. The Kier molecular flexibility index (Phi) is 6.07.